The molecule has 0 saturated heterocycles. The van der Waals surface area contributed by atoms with Gasteiger partial charge >= 0.3 is 0 Å². The molecule has 4 N–H and O–H groups in total. The number of ketones is 2. The van der Waals surface area contributed by atoms with Crippen molar-refractivity contribution in [2.45, 2.75) is 34.6 Å². The number of Topliss-reactive ketones (excluding diaryl/α,β-unsaturated/α-hetero) is 2. The van der Waals surface area contributed by atoms with Crippen molar-refractivity contribution >= 4 is 23.4 Å². The van der Waals surface area contributed by atoms with E-state index in [0.717, 1.165) is 6.08 Å². The molecule has 0 radical (unpaired) electrons. The van der Waals surface area contributed by atoms with E-state index < -0.39 is 11.8 Å². The third kappa shape index (κ3) is 211. The number of hydrogen-bond donors (Lipinski definition) is 2. The van der Waals surface area contributed by atoms with Crippen LogP contribution in [0.5, 0.6) is 0 Å². The Morgan fingerprint density at radius 1 is 0.842 bits per heavy atom. The quantitative estimate of drug-likeness (QED) is 0.725. The first kappa shape index (κ1) is 25.6. The van der Waals surface area contributed by atoms with E-state index in [0.29, 0.717) is 5.57 Å². The molecule has 6 nitrogen and oxygen atoms in total. The Morgan fingerprint density at radius 2 is 0.947 bits per heavy atom. The number of carbonyl (C=O) groups excluding carboxylic acids is 4. The maximum atomic E-state index is 9.82. The van der Waals surface area contributed by atoms with Gasteiger partial charge in [-0.25, -0.2) is 0 Å². The number of rotatable bonds is 2. The molecule has 0 atom stereocenters. The van der Waals surface area contributed by atoms with Crippen LogP contribution in [-0.2, 0) is 19.2 Å². The SMILES string of the molecule is C=C(C)C(N)=O.C=CC(N)=O.CC(C)=O.CC(C)=O. The van der Waals surface area contributed by atoms with Crippen molar-refractivity contribution in [1.29, 1.82) is 0 Å². The summed E-state index contributed by atoms with van der Waals surface area (Å²) in [5.74, 6) is -0.583. The fraction of sp³-hybridized carbons (Fsp3) is 0.385. The van der Waals surface area contributed by atoms with E-state index >= 15 is 0 Å². The van der Waals surface area contributed by atoms with E-state index in [1.54, 1.807) is 6.92 Å². The first-order valence-corrected chi connectivity index (χ1v) is 5.19. The molecule has 0 aliphatic heterocycles. The van der Waals surface area contributed by atoms with Crippen LogP contribution < -0.4 is 11.5 Å². The molecule has 0 saturated carbocycles. The minimum absolute atomic E-state index is 0.167. The Bertz CT molecular complexity index is 302. The van der Waals surface area contributed by atoms with Crippen molar-refractivity contribution in [2.24, 2.45) is 11.5 Å². The molecular weight excluding hydrogens is 248 g/mol. The van der Waals surface area contributed by atoms with Crippen LogP contribution in [0.15, 0.2) is 24.8 Å². The third-order valence-electron chi connectivity index (χ3n) is 0.622. The van der Waals surface area contributed by atoms with Gasteiger partial charge < -0.3 is 21.1 Å². The van der Waals surface area contributed by atoms with Gasteiger partial charge in [-0.05, 0) is 40.7 Å². The van der Waals surface area contributed by atoms with Gasteiger partial charge in [0.15, 0.2) is 0 Å². The normalized spacial score (nSPS) is 6.79. The average molecular weight is 272 g/mol. The van der Waals surface area contributed by atoms with Crippen molar-refractivity contribution in [3.8, 4) is 0 Å². The standard InChI is InChI=1S/C4H7NO.C3H5NO.2C3H6O/c1-3(2)4(5)6;1-2-3(4)5;2*1-3(2)4/h1H2,2H3,(H2,5,6);2H,1H2,(H2,4,5);2*1-2H3. The second kappa shape index (κ2) is 18.1. The zero-order chi connectivity index (χ0) is 16.6. The lowest BCUT2D eigenvalue weighted by atomic mass is 10.3. The lowest BCUT2D eigenvalue weighted by molar-refractivity contribution is -0.115. The van der Waals surface area contributed by atoms with Gasteiger partial charge in [-0.1, -0.05) is 13.2 Å². The molecule has 0 spiro atoms. The Kier molecular flexibility index (Phi) is 24.4. The fourth-order valence-electron chi connectivity index (χ4n) is 0. The molecule has 0 aromatic heterocycles. The van der Waals surface area contributed by atoms with Gasteiger partial charge in [0.1, 0.15) is 11.6 Å². The number of hydrogen-bond acceptors (Lipinski definition) is 4. The van der Waals surface area contributed by atoms with Gasteiger partial charge in [0.25, 0.3) is 0 Å². The first-order chi connectivity index (χ1) is 8.38. The molecule has 0 aromatic rings. The molecule has 0 fully saturated rings. The predicted molar refractivity (Wildman–Crippen MR) is 76.1 cm³/mol. The first-order valence-electron chi connectivity index (χ1n) is 5.19. The monoisotopic (exact) mass is 272 g/mol. The van der Waals surface area contributed by atoms with E-state index in [2.05, 4.69) is 18.9 Å². The Labute approximate surface area is 114 Å². The van der Waals surface area contributed by atoms with Crippen molar-refractivity contribution in [2.75, 3.05) is 0 Å². The van der Waals surface area contributed by atoms with Crippen LogP contribution in [0.3, 0.4) is 0 Å². The summed E-state index contributed by atoms with van der Waals surface area (Å²) in [6.45, 7) is 14.0. The van der Waals surface area contributed by atoms with Gasteiger partial charge in [0, 0.05) is 5.57 Å². The highest BCUT2D eigenvalue weighted by Gasteiger charge is 1.86. The van der Waals surface area contributed by atoms with Crippen LogP contribution in [0.2, 0.25) is 0 Å². The second-order valence-corrected chi connectivity index (χ2v) is 3.57. The van der Waals surface area contributed by atoms with Gasteiger partial charge in [-0.2, -0.15) is 0 Å². The van der Waals surface area contributed by atoms with E-state index in [4.69, 9.17) is 5.73 Å². The predicted octanol–water partition coefficient (Wildman–Crippen LogP) is 0.896. The summed E-state index contributed by atoms with van der Waals surface area (Å²) in [5, 5.41) is 0. The molecule has 0 heterocycles. The maximum absolute atomic E-state index is 9.82. The molecule has 0 bridgehead atoms. The zero-order valence-corrected chi connectivity index (χ0v) is 12.3. The molecule has 0 unspecified atom stereocenters. The van der Waals surface area contributed by atoms with E-state index in [9.17, 15) is 19.2 Å². The summed E-state index contributed by atoms with van der Waals surface area (Å²) in [7, 11) is 0. The second-order valence-electron chi connectivity index (χ2n) is 3.57. The number of carbonyl (C=O) groups is 4. The highest BCUT2D eigenvalue weighted by Crippen LogP contribution is 1.78. The van der Waals surface area contributed by atoms with Crippen LogP contribution >= 0.6 is 0 Å². The largest absolute Gasteiger partial charge is 0.366 e. The van der Waals surface area contributed by atoms with E-state index in [1.165, 1.54) is 27.7 Å². The molecule has 19 heavy (non-hydrogen) atoms. The van der Waals surface area contributed by atoms with Crippen LogP contribution in [0.1, 0.15) is 34.6 Å². The van der Waals surface area contributed by atoms with Crippen LogP contribution in [-0.4, -0.2) is 23.4 Å². The van der Waals surface area contributed by atoms with Crippen molar-refractivity contribution in [3.05, 3.63) is 24.8 Å². The summed E-state index contributed by atoms with van der Waals surface area (Å²) in [6.07, 6.45) is 1.06. The van der Waals surface area contributed by atoms with Crippen LogP contribution in [0, 0.1) is 0 Å². The molecule has 0 rings (SSSR count). The average Bonchev–Trinajstić information content (AvgIpc) is 2.16. The topological polar surface area (TPSA) is 120 Å². The smallest absolute Gasteiger partial charge is 0.243 e. The van der Waals surface area contributed by atoms with Crippen molar-refractivity contribution in [1.82, 2.24) is 0 Å². The van der Waals surface area contributed by atoms with E-state index in [1.807, 2.05) is 0 Å². The Morgan fingerprint density at radius 3 is 0.947 bits per heavy atom. The van der Waals surface area contributed by atoms with Crippen molar-refractivity contribution in [3.63, 3.8) is 0 Å². The number of primary amides is 2. The summed E-state index contributed by atoms with van der Waals surface area (Å²) in [4.78, 5) is 38.2. The maximum Gasteiger partial charge on any atom is 0.243 e. The van der Waals surface area contributed by atoms with E-state index in [-0.39, 0.29) is 11.6 Å². The third-order valence-corrected chi connectivity index (χ3v) is 0.622. The minimum Gasteiger partial charge on any atom is -0.366 e. The Hall–Kier alpha value is -2.24. The van der Waals surface area contributed by atoms with Gasteiger partial charge in [-0.15, -0.1) is 0 Å². The highest BCUT2D eigenvalue weighted by atomic mass is 16.1. The molecule has 110 valence electrons. The molecule has 0 aliphatic carbocycles. The summed E-state index contributed by atoms with van der Waals surface area (Å²) in [5.41, 5.74) is 9.63. The molecular formula is C13H24N2O4. The van der Waals surface area contributed by atoms with Gasteiger partial charge in [-0.3, -0.25) is 9.59 Å². The summed E-state index contributed by atoms with van der Waals surface area (Å²) in [6, 6.07) is 0. The van der Waals surface area contributed by atoms with Gasteiger partial charge in [0.05, 0.1) is 0 Å². The molecule has 0 aliphatic rings. The van der Waals surface area contributed by atoms with Crippen LogP contribution in [0.4, 0.5) is 0 Å². The summed E-state index contributed by atoms with van der Waals surface area (Å²) >= 11 is 0. The molecule has 6 heteroatoms. The lowest BCUT2D eigenvalue weighted by Crippen LogP contribution is -2.10. The van der Waals surface area contributed by atoms with Crippen molar-refractivity contribution < 1.29 is 19.2 Å². The molecule has 2 amide bonds. The number of nitrogens with two attached hydrogens (primary N) is 2. The van der Waals surface area contributed by atoms with Crippen LogP contribution in [0.25, 0.3) is 0 Å². The highest BCUT2D eigenvalue weighted by molar-refractivity contribution is 5.90. The minimum atomic E-state index is -0.481. The molecule has 0 aromatic carbocycles. The summed E-state index contributed by atoms with van der Waals surface area (Å²) < 4.78 is 0. The zero-order valence-electron chi connectivity index (χ0n) is 12.3. The number of amides is 2. The fourth-order valence-corrected chi connectivity index (χ4v) is 0. The lowest BCUT2D eigenvalue weighted by Gasteiger charge is -1.81. The van der Waals surface area contributed by atoms with Gasteiger partial charge in [0.2, 0.25) is 11.8 Å². The Balaban J connectivity index is -0.0000000803.